The first kappa shape index (κ1) is 16.3. The third-order valence-corrected chi connectivity index (χ3v) is 5.86. The van der Waals surface area contributed by atoms with Gasteiger partial charge in [-0.25, -0.2) is 0 Å². The van der Waals surface area contributed by atoms with Gasteiger partial charge in [0, 0.05) is 30.5 Å². The fourth-order valence-electron chi connectivity index (χ4n) is 3.08. The maximum Gasteiger partial charge on any atom is 0.267 e. The molecule has 3 aromatic rings. The Labute approximate surface area is 152 Å². The first-order chi connectivity index (χ1) is 12.2. The molecule has 9 heteroatoms. The van der Waals surface area contributed by atoms with Crippen LogP contribution in [0.1, 0.15) is 34.1 Å². The van der Waals surface area contributed by atoms with Gasteiger partial charge in [-0.15, -0.1) is 5.10 Å². The molecule has 25 heavy (non-hydrogen) atoms. The molecule has 0 bridgehead atoms. The quantitative estimate of drug-likeness (QED) is 0.697. The topological polar surface area (TPSA) is 85.0 Å². The Kier molecular flexibility index (Phi) is 4.58. The van der Waals surface area contributed by atoms with Crippen LogP contribution in [-0.4, -0.2) is 43.6 Å². The van der Waals surface area contributed by atoms with E-state index in [1.54, 1.807) is 11.3 Å². The average Bonchev–Trinajstić information content (AvgIpc) is 3.35. The number of thiophene rings is 1. The molecule has 0 N–H and O–H groups in total. The van der Waals surface area contributed by atoms with Crippen molar-refractivity contribution in [1.82, 2.24) is 24.6 Å². The Hall–Kier alpha value is -2.13. The highest BCUT2D eigenvalue weighted by Gasteiger charge is 2.28. The summed E-state index contributed by atoms with van der Waals surface area (Å²) in [6, 6.07) is 1.98. The summed E-state index contributed by atoms with van der Waals surface area (Å²) < 4.78 is 9.26. The van der Waals surface area contributed by atoms with Crippen LogP contribution in [0.5, 0.6) is 0 Å². The van der Waals surface area contributed by atoms with Gasteiger partial charge in [0.05, 0.1) is 5.69 Å². The lowest BCUT2D eigenvalue weighted by Crippen LogP contribution is -2.40. The number of rotatable bonds is 4. The van der Waals surface area contributed by atoms with E-state index in [0.717, 1.165) is 24.9 Å². The van der Waals surface area contributed by atoms with E-state index in [9.17, 15) is 4.79 Å². The second kappa shape index (κ2) is 7.01. The molecule has 130 valence electrons. The molecule has 0 radical (unpaired) electrons. The molecule has 1 amide bonds. The minimum atomic E-state index is 0.0293. The van der Waals surface area contributed by atoms with Gasteiger partial charge in [-0.05, 0) is 48.7 Å². The molecule has 7 nitrogen and oxygen atoms in total. The zero-order valence-electron chi connectivity index (χ0n) is 13.7. The Morgan fingerprint density at radius 3 is 3.16 bits per heavy atom. The number of piperidine rings is 1. The van der Waals surface area contributed by atoms with Gasteiger partial charge in [-0.1, -0.05) is 9.64 Å². The van der Waals surface area contributed by atoms with Crippen LogP contribution < -0.4 is 0 Å². The smallest absolute Gasteiger partial charge is 0.267 e. The largest absolute Gasteiger partial charge is 0.339 e. The number of amides is 1. The molecule has 4 rings (SSSR count). The van der Waals surface area contributed by atoms with Gasteiger partial charge in [-0.3, -0.25) is 4.79 Å². The lowest BCUT2D eigenvalue weighted by atomic mass is 9.94. The number of aromatic nitrogens is 4. The van der Waals surface area contributed by atoms with Gasteiger partial charge in [0.1, 0.15) is 4.88 Å². The van der Waals surface area contributed by atoms with E-state index in [-0.39, 0.29) is 5.91 Å². The predicted octanol–water partition coefficient (Wildman–Crippen LogP) is 3.05. The first-order valence-electron chi connectivity index (χ1n) is 8.14. The molecule has 3 aromatic heterocycles. The van der Waals surface area contributed by atoms with Crippen molar-refractivity contribution in [2.45, 2.75) is 26.2 Å². The number of likely N-dealkylation sites (tertiary alicyclic amines) is 1. The zero-order valence-corrected chi connectivity index (χ0v) is 15.3. The number of aryl methyl sites for hydroxylation is 1. The summed E-state index contributed by atoms with van der Waals surface area (Å²) in [4.78, 5) is 19.7. The summed E-state index contributed by atoms with van der Waals surface area (Å²) in [5, 5.41) is 12.0. The van der Waals surface area contributed by atoms with Crippen molar-refractivity contribution in [3.05, 3.63) is 33.3 Å². The molecule has 0 aromatic carbocycles. The minimum Gasteiger partial charge on any atom is -0.339 e. The fraction of sp³-hybridized carbons (Fsp3) is 0.438. The van der Waals surface area contributed by atoms with E-state index in [4.69, 9.17) is 4.52 Å². The molecule has 1 atom stereocenters. The standard InChI is InChI=1S/C16H17N5O2S2/c1-10-14(25-20-18-10)16(22)21-5-2-3-11(8-21)7-13-17-15(19-23-13)12-4-6-24-9-12/h4,6,9,11H,2-3,5,7-8H2,1H3/t11-/m1/s1. The second-order valence-electron chi connectivity index (χ2n) is 6.17. The van der Waals surface area contributed by atoms with E-state index in [2.05, 4.69) is 19.7 Å². The normalized spacial score (nSPS) is 17.8. The van der Waals surface area contributed by atoms with Crippen molar-refractivity contribution in [3.63, 3.8) is 0 Å². The van der Waals surface area contributed by atoms with Gasteiger partial charge in [0.2, 0.25) is 11.7 Å². The van der Waals surface area contributed by atoms with Crippen LogP contribution in [0.25, 0.3) is 11.4 Å². The number of hydrogen-bond acceptors (Lipinski definition) is 8. The minimum absolute atomic E-state index is 0.0293. The Balaban J connectivity index is 1.42. The molecular weight excluding hydrogens is 358 g/mol. The molecule has 0 unspecified atom stereocenters. The lowest BCUT2D eigenvalue weighted by Gasteiger charge is -2.31. The maximum atomic E-state index is 12.6. The number of hydrogen-bond donors (Lipinski definition) is 0. The molecule has 0 aliphatic carbocycles. The number of nitrogens with zero attached hydrogens (tertiary/aromatic N) is 5. The van der Waals surface area contributed by atoms with E-state index in [1.165, 1.54) is 11.5 Å². The predicted molar refractivity (Wildman–Crippen MR) is 94.6 cm³/mol. The van der Waals surface area contributed by atoms with Crippen LogP contribution >= 0.6 is 22.9 Å². The second-order valence-corrected chi connectivity index (χ2v) is 7.71. The molecule has 1 aliphatic rings. The SMILES string of the molecule is Cc1nnsc1C(=O)N1CCC[C@H](Cc2nc(-c3ccsc3)no2)C1. The summed E-state index contributed by atoms with van der Waals surface area (Å²) in [6.45, 7) is 3.30. The van der Waals surface area contributed by atoms with Crippen LogP contribution in [0.15, 0.2) is 21.3 Å². The molecule has 0 saturated carbocycles. The van der Waals surface area contributed by atoms with Gasteiger partial charge < -0.3 is 9.42 Å². The summed E-state index contributed by atoms with van der Waals surface area (Å²) in [7, 11) is 0. The van der Waals surface area contributed by atoms with Crippen molar-refractivity contribution >= 4 is 28.8 Å². The molecule has 1 fully saturated rings. The first-order valence-corrected chi connectivity index (χ1v) is 9.85. The molecule has 1 saturated heterocycles. The van der Waals surface area contributed by atoms with Crippen LogP contribution in [0.4, 0.5) is 0 Å². The van der Waals surface area contributed by atoms with E-state index < -0.39 is 0 Å². The third kappa shape index (κ3) is 3.47. The van der Waals surface area contributed by atoms with Crippen LogP contribution in [0, 0.1) is 12.8 Å². The summed E-state index contributed by atoms with van der Waals surface area (Å²) in [5.74, 6) is 1.62. The third-order valence-electron chi connectivity index (χ3n) is 4.36. The van der Waals surface area contributed by atoms with Crippen LogP contribution in [-0.2, 0) is 6.42 Å². The summed E-state index contributed by atoms with van der Waals surface area (Å²) in [5.41, 5.74) is 1.68. The van der Waals surface area contributed by atoms with Gasteiger partial charge >= 0.3 is 0 Å². The van der Waals surface area contributed by atoms with E-state index >= 15 is 0 Å². The summed E-state index contributed by atoms with van der Waals surface area (Å²) in [6.07, 6.45) is 2.73. The van der Waals surface area contributed by atoms with Crippen molar-refractivity contribution < 1.29 is 9.32 Å². The van der Waals surface area contributed by atoms with E-state index in [1.807, 2.05) is 28.7 Å². The fourth-order valence-corrected chi connectivity index (χ4v) is 4.34. The van der Waals surface area contributed by atoms with Gasteiger partial charge in [-0.2, -0.15) is 16.3 Å². The number of carbonyl (C=O) groups is 1. The average molecular weight is 375 g/mol. The summed E-state index contributed by atoms with van der Waals surface area (Å²) >= 11 is 2.77. The van der Waals surface area contributed by atoms with Crippen molar-refractivity contribution in [3.8, 4) is 11.4 Å². The Bertz CT molecular complexity index is 858. The van der Waals surface area contributed by atoms with Gasteiger partial charge in [0.15, 0.2) is 0 Å². The highest BCUT2D eigenvalue weighted by Crippen LogP contribution is 2.25. The maximum absolute atomic E-state index is 12.6. The van der Waals surface area contributed by atoms with Crippen LogP contribution in [0.2, 0.25) is 0 Å². The van der Waals surface area contributed by atoms with E-state index in [0.29, 0.717) is 41.2 Å². The lowest BCUT2D eigenvalue weighted by molar-refractivity contribution is 0.0672. The molecule has 1 aliphatic heterocycles. The monoisotopic (exact) mass is 375 g/mol. The Morgan fingerprint density at radius 1 is 1.48 bits per heavy atom. The highest BCUT2D eigenvalue weighted by atomic mass is 32.1. The molecular formula is C16H17N5O2S2. The van der Waals surface area contributed by atoms with Crippen molar-refractivity contribution in [2.24, 2.45) is 5.92 Å². The van der Waals surface area contributed by atoms with Gasteiger partial charge in [0.25, 0.3) is 5.91 Å². The van der Waals surface area contributed by atoms with Crippen molar-refractivity contribution in [2.75, 3.05) is 13.1 Å². The molecule has 4 heterocycles. The van der Waals surface area contributed by atoms with Crippen molar-refractivity contribution in [1.29, 1.82) is 0 Å². The van der Waals surface area contributed by atoms with Crippen LogP contribution in [0.3, 0.4) is 0 Å². The Morgan fingerprint density at radius 2 is 2.40 bits per heavy atom. The molecule has 0 spiro atoms. The number of carbonyl (C=O) groups excluding carboxylic acids is 1. The highest BCUT2D eigenvalue weighted by molar-refractivity contribution is 7.08. The zero-order chi connectivity index (χ0) is 17.2.